The SMILES string of the molecule is CC1CCCCN1C(C)C(=O)c1ccc(Br)cc1. The van der Waals surface area contributed by atoms with Gasteiger partial charge in [0, 0.05) is 16.1 Å². The van der Waals surface area contributed by atoms with Gasteiger partial charge < -0.3 is 0 Å². The lowest BCUT2D eigenvalue weighted by Crippen LogP contribution is -2.47. The summed E-state index contributed by atoms with van der Waals surface area (Å²) in [6.07, 6.45) is 3.71. The van der Waals surface area contributed by atoms with E-state index in [-0.39, 0.29) is 11.8 Å². The van der Waals surface area contributed by atoms with Gasteiger partial charge in [0.05, 0.1) is 6.04 Å². The normalized spacial score (nSPS) is 22.7. The lowest BCUT2D eigenvalue weighted by atomic mass is 9.97. The van der Waals surface area contributed by atoms with Gasteiger partial charge >= 0.3 is 0 Å². The summed E-state index contributed by atoms with van der Waals surface area (Å²) in [5.74, 6) is 0.233. The molecule has 98 valence electrons. The second-order valence-electron chi connectivity index (χ2n) is 5.13. The van der Waals surface area contributed by atoms with Gasteiger partial charge in [-0.2, -0.15) is 0 Å². The number of nitrogens with zero attached hydrogens (tertiary/aromatic N) is 1. The maximum absolute atomic E-state index is 12.4. The molecular weight excluding hydrogens is 290 g/mol. The number of hydrogen-bond acceptors (Lipinski definition) is 2. The third-order valence-electron chi connectivity index (χ3n) is 3.86. The number of hydrogen-bond donors (Lipinski definition) is 0. The first kappa shape index (κ1) is 13.8. The number of ketones is 1. The molecule has 0 aliphatic carbocycles. The van der Waals surface area contributed by atoms with Gasteiger partial charge in [-0.1, -0.05) is 34.5 Å². The minimum atomic E-state index is -0.0125. The van der Waals surface area contributed by atoms with E-state index in [1.807, 2.05) is 31.2 Å². The Balaban J connectivity index is 2.10. The number of carbonyl (C=O) groups is 1. The van der Waals surface area contributed by atoms with E-state index in [0.717, 1.165) is 16.6 Å². The highest BCUT2D eigenvalue weighted by molar-refractivity contribution is 9.10. The fraction of sp³-hybridized carbons (Fsp3) is 0.533. The van der Waals surface area contributed by atoms with E-state index in [1.165, 1.54) is 19.3 Å². The monoisotopic (exact) mass is 309 g/mol. The Hall–Kier alpha value is -0.670. The van der Waals surface area contributed by atoms with E-state index >= 15 is 0 Å². The third-order valence-corrected chi connectivity index (χ3v) is 4.39. The van der Waals surface area contributed by atoms with Crippen LogP contribution in [0.2, 0.25) is 0 Å². The summed E-state index contributed by atoms with van der Waals surface area (Å²) in [7, 11) is 0. The molecule has 2 rings (SSSR count). The maximum atomic E-state index is 12.4. The Morgan fingerprint density at radius 1 is 1.33 bits per heavy atom. The topological polar surface area (TPSA) is 20.3 Å². The Morgan fingerprint density at radius 2 is 2.00 bits per heavy atom. The fourth-order valence-corrected chi connectivity index (χ4v) is 2.97. The maximum Gasteiger partial charge on any atom is 0.179 e. The largest absolute Gasteiger partial charge is 0.292 e. The molecule has 2 unspecified atom stereocenters. The van der Waals surface area contributed by atoms with Gasteiger partial charge in [0.25, 0.3) is 0 Å². The summed E-state index contributed by atoms with van der Waals surface area (Å²) in [5, 5.41) is 0. The molecule has 1 aromatic rings. The number of Topliss-reactive ketones (excluding diaryl/α,β-unsaturated/α-hetero) is 1. The molecule has 18 heavy (non-hydrogen) atoms. The number of rotatable bonds is 3. The Bertz CT molecular complexity index is 415. The molecule has 1 aliphatic rings. The van der Waals surface area contributed by atoms with Crippen molar-refractivity contribution in [1.29, 1.82) is 0 Å². The molecule has 1 fully saturated rings. The van der Waals surface area contributed by atoms with Gasteiger partial charge in [-0.05, 0) is 45.4 Å². The third kappa shape index (κ3) is 3.01. The van der Waals surface area contributed by atoms with Crippen LogP contribution in [0.5, 0.6) is 0 Å². The van der Waals surface area contributed by atoms with E-state index in [0.29, 0.717) is 6.04 Å². The molecule has 1 heterocycles. The van der Waals surface area contributed by atoms with Crippen LogP contribution < -0.4 is 0 Å². The van der Waals surface area contributed by atoms with Gasteiger partial charge in [-0.15, -0.1) is 0 Å². The van der Waals surface area contributed by atoms with E-state index < -0.39 is 0 Å². The van der Waals surface area contributed by atoms with Crippen molar-refractivity contribution in [2.75, 3.05) is 6.54 Å². The van der Waals surface area contributed by atoms with Crippen LogP contribution in [0.1, 0.15) is 43.5 Å². The van der Waals surface area contributed by atoms with Crippen molar-refractivity contribution in [3.8, 4) is 0 Å². The minimum Gasteiger partial charge on any atom is -0.292 e. The first-order valence-corrected chi connectivity index (χ1v) is 7.44. The molecule has 1 aliphatic heterocycles. The van der Waals surface area contributed by atoms with E-state index in [2.05, 4.69) is 27.8 Å². The van der Waals surface area contributed by atoms with Gasteiger partial charge in [-0.25, -0.2) is 0 Å². The number of carbonyl (C=O) groups excluding carboxylic acids is 1. The minimum absolute atomic E-state index is 0.0125. The quantitative estimate of drug-likeness (QED) is 0.789. The smallest absolute Gasteiger partial charge is 0.179 e. The van der Waals surface area contributed by atoms with Gasteiger partial charge in [0.2, 0.25) is 0 Å². The fourth-order valence-electron chi connectivity index (χ4n) is 2.70. The van der Waals surface area contributed by atoms with Gasteiger partial charge in [0.15, 0.2) is 5.78 Å². The van der Waals surface area contributed by atoms with Crippen LogP contribution in [-0.2, 0) is 0 Å². The zero-order chi connectivity index (χ0) is 13.1. The molecule has 3 heteroatoms. The molecule has 1 aromatic carbocycles. The van der Waals surface area contributed by atoms with Gasteiger partial charge in [0.1, 0.15) is 0 Å². The summed E-state index contributed by atoms with van der Waals surface area (Å²) < 4.78 is 1.01. The summed E-state index contributed by atoms with van der Waals surface area (Å²) >= 11 is 3.40. The molecule has 0 aromatic heterocycles. The van der Waals surface area contributed by atoms with Crippen molar-refractivity contribution in [3.05, 3.63) is 34.3 Å². The van der Waals surface area contributed by atoms with Crippen molar-refractivity contribution < 1.29 is 4.79 Å². The summed E-state index contributed by atoms with van der Waals surface area (Å²) in [6, 6.07) is 8.17. The lowest BCUT2D eigenvalue weighted by Gasteiger charge is -2.37. The van der Waals surface area contributed by atoms with Crippen LogP contribution in [0.4, 0.5) is 0 Å². The highest BCUT2D eigenvalue weighted by Gasteiger charge is 2.28. The molecular formula is C15H20BrNO. The van der Waals surface area contributed by atoms with E-state index in [1.54, 1.807) is 0 Å². The second-order valence-corrected chi connectivity index (χ2v) is 6.05. The number of likely N-dealkylation sites (tertiary alicyclic amines) is 1. The summed E-state index contributed by atoms with van der Waals surface area (Å²) in [5.41, 5.74) is 0.809. The Labute approximate surface area is 117 Å². The molecule has 0 saturated carbocycles. The first-order chi connectivity index (χ1) is 8.59. The molecule has 0 radical (unpaired) electrons. The van der Waals surface area contributed by atoms with Crippen molar-refractivity contribution in [2.45, 2.75) is 45.2 Å². The number of halogens is 1. The van der Waals surface area contributed by atoms with Crippen LogP contribution in [0.25, 0.3) is 0 Å². The molecule has 1 saturated heterocycles. The van der Waals surface area contributed by atoms with Crippen LogP contribution in [-0.4, -0.2) is 29.3 Å². The molecule has 2 nitrogen and oxygen atoms in total. The van der Waals surface area contributed by atoms with Crippen molar-refractivity contribution in [2.24, 2.45) is 0 Å². The second kappa shape index (κ2) is 5.98. The zero-order valence-corrected chi connectivity index (χ0v) is 12.6. The van der Waals surface area contributed by atoms with Crippen molar-refractivity contribution in [1.82, 2.24) is 4.90 Å². The summed E-state index contributed by atoms with van der Waals surface area (Å²) in [4.78, 5) is 14.8. The van der Waals surface area contributed by atoms with Crippen molar-refractivity contribution >= 4 is 21.7 Å². The summed E-state index contributed by atoms with van der Waals surface area (Å²) in [6.45, 7) is 5.31. The van der Waals surface area contributed by atoms with E-state index in [9.17, 15) is 4.79 Å². The molecule has 0 amide bonds. The number of piperidine rings is 1. The molecule has 2 atom stereocenters. The zero-order valence-electron chi connectivity index (χ0n) is 11.0. The standard InChI is InChI=1S/C15H20BrNO/c1-11-5-3-4-10-17(11)12(2)15(18)13-6-8-14(16)9-7-13/h6-9,11-12H,3-5,10H2,1-2H3. The van der Waals surface area contributed by atoms with Crippen LogP contribution in [0, 0.1) is 0 Å². The highest BCUT2D eigenvalue weighted by atomic mass is 79.9. The van der Waals surface area contributed by atoms with Crippen LogP contribution >= 0.6 is 15.9 Å². The lowest BCUT2D eigenvalue weighted by molar-refractivity contribution is 0.0701. The van der Waals surface area contributed by atoms with Gasteiger partial charge in [-0.3, -0.25) is 9.69 Å². The average molecular weight is 310 g/mol. The molecule has 0 bridgehead atoms. The number of benzene rings is 1. The first-order valence-electron chi connectivity index (χ1n) is 6.65. The van der Waals surface area contributed by atoms with E-state index in [4.69, 9.17) is 0 Å². The predicted octanol–water partition coefficient (Wildman–Crippen LogP) is 3.89. The highest BCUT2D eigenvalue weighted by Crippen LogP contribution is 2.21. The average Bonchev–Trinajstić information content (AvgIpc) is 2.38. The molecule has 0 spiro atoms. The molecule has 0 N–H and O–H groups in total. The Kier molecular flexibility index (Phi) is 4.57. The van der Waals surface area contributed by atoms with Crippen LogP contribution in [0.3, 0.4) is 0 Å². The Morgan fingerprint density at radius 3 is 2.61 bits per heavy atom. The van der Waals surface area contributed by atoms with Crippen molar-refractivity contribution in [3.63, 3.8) is 0 Å². The predicted molar refractivity (Wildman–Crippen MR) is 78.0 cm³/mol. The van der Waals surface area contributed by atoms with Crippen LogP contribution in [0.15, 0.2) is 28.7 Å².